The van der Waals surface area contributed by atoms with Crippen LogP contribution in [0.15, 0.2) is 49.3 Å². The molecule has 9 nitrogen and oxygen atoms in total. The Morgan fingerprint density at radius 1 is 1.17 bits per heavy atom. The largest absolute Gasteiger partial charge is 0.356 e. The molecule has 3 aromatic heterocycles. The molecule has 1 N–H and O–H groups in total. The topological polar surface area (TPSA) is 102 Å². The second-order valence-electron chi connectivity index (χ2n) is 6.84. The molecule has 1 saturated heterocycles. The molecular weight excluding hydrogens is 388 g/mol. The van der Waals surface area contributed by atoms with E-state index in [9.17, 15) is 4.79 Å². The fourth-order valence-electron chi connectivity index (χ4n) is 3.49. The maximum Gasteiger partial charge on any atom is 0.231 e. The molecular formula is C19H18N8OS. The minimum absolute atomic E-state index is 0.000637. The van der Waals surface area contributed by atoms with Gasteiger partial charge in [-0.1, -0.05) is 23.5 Å². The number of fused-ring (bicyclic) bond motifs is 1. The average Bonchev–Trinajstić information content (AvgIpc) is 3.43. The molecule has 0 bridgehead atoms. The van der Waals surface area contributed by atoms with E-state index in [0.29, 0.717) is 17.5 Å². The number of thiazole rings is 1. The lowest BCUT2D eigenvalue weighted by molar-refractivity contribution is -0.120. The molecule has 5 rings (SSSR count). The number of benzene rings is 1. The summed E-state index contributed by atoms with van der Waals surface area (Å²) in [4.78, 5) is 32.1. The van der Waals surface area contributed by atoms with Gasteiger partial charge in [-0.2, -0.15) is 5.10 Å². The first kappa shape index (κ1) is 17.7. The van der Waals surface area contributed by atoms with E-state index in [0.717, 1.165) is 35.4 Å². The summed E-state index contributed by atoms with van der Waals surface area (Å²) >= 11 is 1.49. The SMILES string of the molecule is O=C(Nc1nc2ccccc2s1)C1CCCN(c2cc(-n3cncn3)ncn2)C1. The van der Waals surface area contributed by atoms with Gasteiger partial charge in [0.2, 0.25) is 5.91 Å². The first-order valence-corrected chi connectivity index (χ1v) is 10.2. The van der Waals surface area contributed by atoms with Crippen molar-refractivity contribution in [2.24, 2.45) is 5.92 Å². The van der Waals surface area contributed by atoms with Crippen molar-refractivity contribution in [2.45, 2.75) is 12.8 Å². The van der Waals surface area contributed by atoms with E-state index in [1.165, 1.54) is 24.0 Å². The third-order valence-electron chi connectivity index (χ3n) is 4.93. The average molecular weight is 406 g/mol. The number of aromatic nitrogens is 6. The highest BCUT2D eigenvalue weighted by Crippen LogP contribution is 2.27. The van der Waals surface area contributed by atoms with Crippen LogP contribution in [0.25, 0.3) is 16.0 Å². The van der Waals surface area contributed by atoms with Crippen LogP contribution in [0.3, 0.4) is 0 Å². The number of anilines is 2. The molecule has 1 aliphatic heterocycles. The van der Waals surface area contributed by atoms with Gasteiger partial charge in [-0.15, -0.1) is 0 Å². The van der Waals surface area contributed by atoms with Crippen molar-refractivity contribution < 1.29 is 4.79 Å². The molecule has 1 unspecified atom stereocenters. The Morgan fingerprint density at radius 3 is 2.93 bits per heavy atom. The molecule has 1 atom stereocenters. The van der Waals surface area contributed by atoms with Crippen LogP contribution in [0, 0.1) is 5.92 Å². The van der Waals surface area contributed by atoms with Crippen LogP contribution in [-0.4, -0.2) is 48.7 Å². The lowest BCUT2D eigenvalue weighted by Crippen LogP contribution is -2.41. The molecule has 29 heavy (non-hydrogen) atoms. The highest BCUT2D eigenvalue weighted by atomic mass is 32.1. The standard InChI is InChI=1S/C19H18N8OS/c28-18(25-19-24-14-5-1-2-6-15(14)29-19)13-4-3-7-26(9-13)16-8-17(22-11-21-16)27-12-20-10-23-27/h1-2,5-6,8,10-13H,3-4,7,9H2,(H,24,25,28). The van der Waals surface area contributed by atoms with Gasteiger partial charge in [0.25, 0.3) is 0 Å². The van der Waals surface area contributed by atoms with E-state index in [1.54, 1.807) is 11.0 Å². The third kappa shape index (κ3) is 3.66. The van der Waals surface area contributed by atoms with Gasteiger partial charge in [0.05, 0.1) is 16.1 Å². The smallest absolute Gasteiger partial charge is 0.231 e. The van der Waals surface area contributed by atoms with Gasteiger partial charge in [-0.25, -0.2) is 24.6 Å². The van der Waals surface area contributed by atoms with E-state index >= 15 is 0 Å². The molecule has 1 aliphatic rings. The van der Waals surface area contributed by atoms with E-state index in [4.69, 9.17) is 0 Å². The molecule has 1 fully saturated rings. The summed E-state index contributed by atoms with van der Waals surface area (Å²) in [5, 5.41) is 7.74. The summed E-state index contributed by atoms with van der Waals surface area (Å²) < 4.78 is 2.65. The molecule has 1 aromatic carbocycles. The van der Waals surface area contributed by atoms with Gasteiger partial charge in [0.1, 0.15) is 24.8 Å². The molecule has 4 aromatic rings. The zero-order valence-corrected chi connectivity index (χ0v) is 16.3. The first-order chi connectivity index (χ1) is 14.3. The van der Waals surface area contributed by atoms with E-state index in [1.807, 2.05) is 30.3 Å². The maximum absolute atomic E-state index is 12.8. The van der Waals surface area contributed by atoms with Gasteiger partial charge in [0.15, 0.2) is 10.9 Å². The number of hydrogen-bond donors (Lipinski definition) is 1. The Kier molecular flexibility index (Phi) is 4.60. The van der Waals surface area contributed by atoms with E-state index < -0.39 is 0 Å². The number of piperidine rings is 1. The zero-order valence-electron chi connectivity index (χ0n) is 15.5. The van der Waals surface area contributed by atoms with Crippen LogP contribution < -0.4 is 10.2 Å². The Morgan fingerprint density at radius 2 is 2.07 bits per heavy atom. The summed E-state index contributed by atoms with van der Waals surface area (Å²) in [6, 6.07) is 9.74. The van der Waals surface area contributed by atoms with Crippen molar-refractivity contribution in [3.63, 3.8) is 0 Å². The van der Waals surface area contributed by atoms with Crippen LogP contribution in [0.1, 0.15) is 12.8 Å². The Hall–Kier alpha value is -3.40. The third-order valence-corrected chi connectivity index (χ3v) is 5.88. The normalized spacial score (nSPS) is 16.8. The minimum atomic E-state index is -0.124. The number of para-hydroxylation sites is 1. The van der Waals surface area contributed by atoms with Crippen LogP contribution in [0.5, 0.6) is 0 Å². The second kappa shape index (κ2) is 7.55. The number of nitrogens with zero attached hydrogens (tertiary/aromatic N) is 7. The molecule has 0 aliphatic carbocycles. The molecule has 0 saturated carbocycles. The van der Waals surface area contributed by atoms with Crippen LogP contribution >= 0.6 is 11.3 Å². The van der Waals surface area contributed by atoms with Crippen molar-refractivity contribution >= 4 is 38.4 Å². The molecule has 0 spiro atoms. The minimum Gasteiger partial charge on any atom is -0.356 e. The van der Waals surface area contributed by atoms with Crippen molar-refractivity contribution in [3.8, 4) is 5.82 Å². The fraction of sp³-hybridized carbons (Fsp3) is 0.263. The van der Waals surface area contributed by atoms with Crippen molar-refractivity contribution in [3.05, 3.63) is 49.3 Å². The monoisotopic (exact) mass is 406 g/mol. The van der Waals surface area contributed by atoms with Gasteiger partial charge >= 0.3 is 0 Å². The predicted molar refractivity (Wildman–Crippen MR) is 110 cm³/mol. The Balaban J connectivity index is 1.30. The summed E-state index contributed by atoms with van der Waals surface area (Å²) in [5.74, 6) is 1.30. The first-order valence-electron chi connectivity index (χ1n) is 9.35. The molecule has 1 amide bonds. The van der Waals surface area contributed by atoms with Gasteiger partial charge in [0, 0.05) is 19.2 Å². The highest BCUT2D eigenvalue weighted by Gasteiger charge is 2.27. The summed E-state index contributed by atoms with van der Waals surface area (Å²) in [6.45, 7) is 1.45. The van der Waals surface area contributed by atoms with Crippen molar-refractivity contribution in [2.75, 3.05) is 23.3 Å². The summed E-state index contributed by atoms with van der Waals surface area (Å²) in [5.41, 5.74) is 0.902. The molecule has 10 heteroatoms. The lowest BCUT2D eigenvalue weighted by Gasteiger charge is -2.32. The van der Waals surface area contributed by atoms with Crippen LogP contribution in [0.4, 0.5) is 10.9 Å². The zero-order chi connectivity index (χ0) is 19.6. The summed E-state index contributed by atoms with van der Waals surface area (Å²) in [7, 11) is 0. The predicted octanol–water partition coefficient (Wildman–Crippen LogP) is 2.52. The second-order valence-corrected chi connectivity index (χ2v) is 7.87. The molecule has 0 radical (unpaired) electrons. The number of rotatable bonds is 4. The summed E-state index contributed by atoms with van der Waals surface area (Å²) in [6.07, 6.45) is 6.33. The van der Waals surface area contributed by atoms with Gasteiger partial charge in [-0.05, 0) is 25.0 Å². The van der Waals surface area contributed by atoms with Gasteiger partial charge < -0.3 is 10.2 Å². The van der Waals surface area contributed by atoms with Crippen molar-refractivity contribution in [1.29, 1.82) is 0 Å². The van der Waals surface area contributed by atoms with E-state index in [-0.39, 0.29) is 11.8 Å². The fourth-order valence-corrected chi connectivity index (χ4v) is 4.36. The maximum atomic E-state index is 12.8. The molecule has 4 heterocycles. The molecule has 146 valence electrons. The lowest BCUT2D eigenvalue weighted by atomic mass is 9.97. The van der Waals surface area contributed by atoms with Crippen LogP contribution in [0.2, 0.25) is 0 Å². The number of nitrogens with one attached hydrogen (secondary N) is 1. The quantitative estimate of drug-likeness (QED) is 0.556. The Labute approximate surface area is 170 Å². The van der Waals surface area contributed by atoms with Crippen molar-refractivity contribution in [1.82, 2.24) is 29.7 Å². The number of carbonyl (C=O) groups excluding carboxylic acids is 1. The van der Waals surface area contributed by atoms with Gasteiger partial charge in [-0.3, -0.25) is 4.79 Å². The van der Waals surface area contributed by atoms with E-state index in [2.05, 4.69) is 35.3 Å². The number of carbonyl (C=O) groups is 1. The Bertz CT molecular complexity index is 1110. The number of amides is 1. The number of hydrogen-bond acceptors (Lipinski definition) is 8. The van der Waals surface area contributed by atoms with Crippen LogP contribution in [-0.2, 0) is 4.79 Å². The highest BCUT2D eigenvalue weighted by molar-refractivity contribution is 7.22.